The van der Waals surface area contributed by atoms with Gasteiger partial charge in [0.15, 0.2) is 0 Å². The molecule has 0 spiro atoms. The van der Waals surface area contributed by atoms with Crippen molar-refractivity contribution in [2.75, 3.05) is 13.1 Å². The van der Waals surface area contributed by atoms with E-state index in [0.29, 0.717) is 5.92 Å². The zero-order chi connectivity index (χ0) is 12.3. The molecule has 1 aromatic rings. The van der Waals surface area contributed by atoms with Crippen LogP contribution in [0.4, 0.5) is 0 Å². The zero-order valence-corrected chi connectivity index (χ0v) is 12.4. The highest BCUT2D eigenvalue weighted by Gasteiger charge is 2.25. The SMILES string of the molecule is CCC1CN(Cc2ccc(I)cc2)CCC1O. The summed E-state index contributed by atoms with van der Waals surface area (Å²) in [7, 11) is 0. The molecule has 17 heavy (non-hydrogen) atoms. The maximum absolute atomic E-state index is 9.86. The molecular weight excluding hydrogens is 325 g/mol. The molecule has 0 aromatic heterocycles. The summed E-state index contributed by atoms with van der Waals surface area (Å²) in [6.07, 6.45) is 1.90. The predicted molar refractivity (Wildman–Crippen MR) is 78.8 cm³/mol. The Balaban J connectivity index is 1.93. The molecule has 1 fully saturated rings. The molecule has 1 saturated heterocycles. The summed E-state index contributed by atoms with van der Waals surface area (Å²) < 4.78 is 1.28. The largest absolute Gasteiger partial charge is 0.393 e. The van der Waals surface area contributed by atoms with Crippen LogP contribution < -0.4 is 0 Å². The first kappa shape index (κ1) is 13.3. The van der Waals surface area contributed by atoms with Crippen molar-refractivity contribution in [3.63, 3.8) is 0 Å². The van der Waals surface area contributed by atoms with Gasteiger partial charge in [-0.05, 0) is 59.0 Å². The molecule has 1 aliphatic heterocycles. The average Bonchev–Trinajstić information content (AvgIpc) is 2.34. The Hall–Kier alpha value is -0.130. The van der Waals surface area contributed by atoms with E-state index in [1.165, 1.54) is 9.13 Å². The number of hydrogen-bond donors (Lipinski definition) is 1. The van der Waals surface area contributed by atoms with E-state index in [2.05, 4.69) is 58.7 Å². The minimum absolute atomic E-state index is 0.0898. The summed E-state index contributed by atoms with van der Waals surface area (Å²) in [6.45, 7) is 5.23. The van der Waals surface area contributed by atoms with E-state index in [9.17, 15) is 5.11 Å². The fraction of sp³-hybridized carbons (Fsp3) is 0.571. The first-order valence-electron chi connectivity index (χ1n) is 6.34. The lowest BCUT2D eigenvalue weighted by Gasteiger charge is -2.35. The Kier molecular flexibility index (Phi) is 4.82. The van der Waals surface area contributed by atoms with E-state index < -0.39 is 0 Å². The maximum atomic E-state index is 9.86. The zero-order valence-electron chi connectivity index (χ0n) is 10.3. The lowest BCUT2D eigenvalue weighted by atomic mass is 9.92. The van der Waals surface area contributed by atoms with E-state index in [0.717, 1.165) is 32.5 Å². The number of piperidine rings is 1. The van der Waals surface area contributed by atoms with Crippen molar-refractivity contribution in [1.29, 1.82) is 0 Å². The van der Waals surface area contributed by atoms with Crippen LogP contribution in [0.3, 0.4) is 0 Å². The highest BCUT2D eigenvalue weighted by Crippen LogP contribution is 2.21. The second kappa shape index (κ2) is 6.16. The molecule has 0 aliphatic carbocycles. The number of hydrogen-bond acceptors (Lipinski definition) is 2. The Morgan fingerprint density at radius 3 is 2.71 bits per heavy atom. The van der Waals surface area contributed by atoms with E-state index in [1.807, 2.05) is 0 Å². The van der Waals surface area contributed by atoms with Crippen molar-refractivity contribution in [3.05, 3.63) is 33.4 Å². The molecule has 2 unspecified atom stereocenters. The fourth-order valence-electron chi connectivity index (χ4n) is 2.49. The van der Waals surface area contributed by atoms with Crippen LogP contribution in [0.25, 0.3) is 0 Å². The molecule has 2 rings (SSSR count). The van der Waals surface area contributed by atoms with Crippen LogP contribution in [0, 0.1) is 9.49 Å². The molecule has 94 valence electrons. The summed E-state index contributed by atoms with van der Waals surface area (Å²) in [5.41, 5.74) is 1.37. The molecule has 2 atom stereocenters. The molecule has 0 saturated carbocycles. The van der Waals surface area contributed by atoms with Gasteiger partial charge >= 0.3 is 0 Å². The first-order chi connectivity index (χ1) is 8.19. The monoisotopic (exact) mass is 345 g/mol. The lowest BCUT2D eigenvalue weighted by Crippen LogP contribution is -2.42. The molecule has 0 amide bonds. The number of nitrogens with zero attached hydrogens (tertiary/aromatic N) is 1. The molecule has 0 bridgehead atoms. The van der Waals surface area contributed by atoms with Crippen LogP contribution in [0.5, 0.6) is 0 Å². The van der Waals surface area contributed by atoms with Crippen molar-refractivity contribution < 1.29 is 5.11 Å². The van der Waals surface area contributed by atoms with E-state index >= 15 is 0 Å². The Labute approximate surface area is 117 Å². The van der Waals surface area contributed by atoms with Gasteiger partial charge in [-0.1, -0.05) is 19.1 Å². The summed E-state index contributed by atoms with van der Waals surface area (Å²) >= 11 is 2.33. The van der Waals surface area contributed by atoms with Crippen LogP contribution in [0.15, 0.2) is 24.3 Å². The number of halogens is 1. The van der Waals surface area contributed by atoms with E-state index in [1.54, 1.807) is 0 Å². The normalized spacial score (nSPS) is 26.1. The van der Waals surface area contributed by atoms with Gasteiger partial charge in [-0.15, -0.1) is 0 Å². The number of rotatable bonds is 3. The standard InChI is InChI=1S/C14H20INO/c1-2-12-10-16(8-7-14(12)17)9-11-3-5-13(15)6-4-11/h3-6,12,14,17H,2,7-10H2,1H3. The minimum Gasteiger partial charge on any atom is -0.393 e. The Morgan fingerprint density at radius 2 is 2.06 bits per heavy atom. The number of likely N-dealkylation sites (tertiary alicyclic amines) is 1. The van der Waals surface area contributed by atoms with Gasteiger partial charge in [0, 0.05) is 23.2 Å². The average molecular weight is 345 g/mol. The molecule has 1 aromatic carbocycles. The second-order valence-electron chi connectivity index (χ2n) is 4.89. The quantitative estimate of drug-likeness (QED) is 0.852. The van der Waals surface area contributed by atoms with Gasteiger partial charge in [-0.2, -0.15) is 0 Å². The second-order valence-corrected chi connectivity index (χ2v) is 6.13. The van der Waals surface area contributed by atoms with Crippen molar-refractivity contribution in [1.82, 2.24) is 4.90 Å². The number of aliphatic hydroxyl groups excluding tert-OH is 1. The van der Waals surface area contributed by atoms with Gasteiger partial charge in [0.25, 0.3) is 0 Å². The van der Waals surface area contributed by atoms with Crippen LogP contribution in [-0.4, -0.2) is 29.2 Å². The first-order valence-corrected chi connectivity index (χ1v) is 7.41. The van der Waals surface area contributed by atoms with Gasteiger partial charge in [0.2, 0.25) is 0 Å². The topological polar surface area (TPSA) is 23.5 Å². The molecule has 1 heterocycles. The molecule has 2 nitrogen and oxygen atoms in total. The summed E-state index contributed by atoms with van der Waals surface area (Å²) in [5.74, 6) is 0.451. The summed E-state index contributed by atoms with van der Waals surface area (Å²) in [5, 5.41) is 9.86. The molecule has 1 aliphatic rings. The maximum Gasteiger partial charge on any atom is 0.0592 e. The molecule has 0 radical (unpaired) electrons. The Morgan fingerprint density at radius 1 is 1.35 bits per heavy atom. The lowest BCUT2D eigenvalue weighted by molar-refractivity contribution is 0.0222. The third kappa shape index (κ3) is 3.66. The van der Waals surface area contributed by atoms with Crippen LogP contribution in [0.2, 0.25) is 0 Å². The van der Waals surface area contributed by atoms with Crippen LogP contribution in [-0.2, 0) is 6.54 Å². The van der Waals surface area contributed by atoms with Crippen LogP contribution in [0.1, 0.15) is 25.3 Å². The van der Waals surface area contributed by atoms with Crippen molar-refractivity contribution in [2.24, 2.45) is 5.92 Å². The van der Waals surface area contributed by atoms with E-state index in [4.69, 9.17) is 0 Å². The highest BCUT2D eigenvalue weighted by molar-refractivity contribution is 14.1. The number of aliphatic hydroxyl groups is 1. The third-order valence-electron chi connectivity index (χ3n) is 3.62. The molecule has 1 N–H and O–H groups in total. The fourth-order valence-corrected chi connectivity index (χ4v) is 2.85. The predicted octanol–water partition coefficient (Wildman–Crippen LogP) is 2.88. The minimum atomic E-state index is -0.0898. The van der Waals surface area contributed by atoms with Gasteiger partial charge in [0.1, 0.15) is 0 Å². The van der Waals surface area contributed by atoms with Crippen molar-refractivity contribution in [2.45, 2.75) is 32.4 Å². The van der Waals surface area contributed by atoms with Crippen molar-refractivity contribution >= 4 is 22.6 Å². The number of benzene rings is 1. The summed E-state index contributed by atoms with van der Waals surface area (Å²) in [4.78, 5) is 2.46. The third-order valence-corrected chi connectivity index (χ3v) is 4.34. The van der Waals surface area contributed by atoms with E-state index in [-0.39, 0.29) is 6.10 Å². The van der Waals surface area contributed by atoms with Gasteiger partial charge in [0.05, 0.1) is 6.10 Å². The smallest absolute Gasteiger partial charge is 0.0592 e. The van der Waals surface area contributed by atoms with Gasteiger partial charge in [-0.25, -0.2) is 0 Å². The summed E-state index contributed by atoms with van der Waals surface area (Å²) in [6, 6.07) is 8.72. The van der Waals surface area contributed by atoms with Gasteiger partial charge < -0.3 is 5.11 Å². The van der Waals surface area contributed by atoms with Crippen LogP contribution >= 0.6 is 22.6 Å². The Bertz CT molecular complexity index is 352. The highest BCUT2D eigenvalue weighted by atomic mass is 127. The van der Waals surface area contributed by atoms with Gasteiger partial charge in [-0.3, -0.25) is 4.90 Å². The van der Waals surface area contributed by atoms with Crippen molar-refractivity contribution in [3.8, 4) is 0 Å². The molecule has 3 heteroatoms. The molecular formula is C14H20INO.